The molecule has 0 radical (unpaired) electrons. The van der Waals surface area contributed by atoms with Crippen LogP contribution in [0, 0.1) is 0 Å². The van der Waals surface area contributed by atoms with Crippen LogP contribution in [0.1, 0.15) is 6.92 Å². The maximum absolute atomic E-state index is 9.40. The molecule has 0 aromatic carbocycles. The van der Waals surface area contributed by atoms with Gasteiger partial charge in [0.25, 0.3) is 0 Å². The number of hydrogen-bond acceptors (Lipinski definition) is 6. The van der Waals surface area contributed by atoms with Gasteiger partial charge in [0, 0.05) is 39.8 Å². The number of aliphatic hydroxyl groups is 1. The summed E-state index contributed by atoms with van der Waals surface area (Å²) < 4.78 is 0. The van der Waals surface area contributed by atoms with Gasteiger partial charge in [-0.15, -0.1) is 0 Å². The number of nitrogens with one attached hydrogen (secondary N) is 1. The van der Waals surface area contributed by atoms with Crippen LogP contribution < -0.4 is 10.2 Å². The second-order valence-corrected chi connectivity index (χ2v) is 5.11. The van der Waals surface area contributed by atoms with Crippen LogP contribution in [-0.2, 0) is 0 Å². The molecule has 0 saturated carbocycles. The van der Waals surface area contributed by atoms with Crippen molar-refractivity contribution in [3.63, 3.8) is 0 Å². The molecule has 6 nitrogen and oxygen atoms in total. The summed E-state index contributed by atoms with van der Waals surface area (Å²) in [5.74, 6) is 0.846. The summed E-state index contributed by atoms with van der Waals surface area (Å²) in [6, 6.07) is 0. The molecule has 0 amide bonds. The predicted octanol–water partition coefficient (Wildman–Crippen LogP) is 0.674. The first-order chi connectivity index (χ1) is 9.11. The average molecular weight is 286 g/mol. The second-order valence-electron chi connectivity index (χ2n) is 4.75. The SMILES string of the molecule is CNc1c(Cl)ncnc1N1CCN(C[C@H](C)O)CC1. The Bertz CT molecular complexity index is 421. The highest BCUT2D eigenvalue weighted by Gasteiger charge is 2.21. The van der Waals surface area contributed by atoms with Gasteiger partial charge in [-0.1, -0.05) is 11.6 Å². The number of hydrogen-bond donors (Lipinski definition) is 2. The molecule has 1 aliphatic heterocycles. The molecule has 0 bridgehead atoms. The molecule has 2 N–H and O–H groups in total. The van der Waals surface area contributed by atoms with Gasteiger partial charge in [-0.05, 0) is 6.92 Å². The third-order valence-electron chi connectivity index (χ3n) is 3.23. The highest BCUT2D eigenvalue weighted by Crippen LogP contribution is 2.29. The van der Waals surface area contributed by atoms with Gasteiger partial charge in [-0.25, -0.2) is 9.97 Å². The molecule has 0 spiro atoms. The minimum Gasteiger partial charge on any atom is -0.392 e. The van der Waals surface area contributed by atoms with Gasteiger partial charge in [-0.2, -0.15) is 0 Å². The molecule has 1 aromatic heterocycles. The third-order valence-corrected chi connectivity index (χ3v) is 3.51. The van der Waals surface area contributed by atoms with E-state index in [-0.39, 0.29) is 6.10 Å². The zero-order chi connectivity index (χ0) is 13.8. The maximum Gasteiger partial charge on any atom is 0.157 e. The first-order valence-electron chi connectivity index (χ1n) is 6.45. The van der Waals surface area contributed by atoms with Gasteiger partial charge in [-0.3, -0.25) is 4.90 Å². The van der Waals surface area contributed by atoms with E-state index in [1.54, 1.807) is 0 Å². The van der Waals surface area contributed by atoms with Crippen LogP contribution >= 0.6 is 11.6 Å². The first kappa shape index (κ1) is 14.3. The van der Waals surface area contributed by atoms with Gasteiger partial charge >= 0.3 is 0 Å². The second kappa shape index (κ2) is 6.36. The van der Waals surface area contributed by atoms with E-state index in [0.717, 1.165) is 44.2 Å². The molecule has 1 atom stereocenters. The first-order valence-corrected chi connectivity index (χ1v) is 6.83. The van der Waals surface area contributed by atoms with Crippen molar-refractivity contribution in [2.45, 2.75) is 13.0 Å². The van der Waals surface area contributed by atoms with E-state index in [1.807, 2.05) is 14.0 Å². The van der Waals surface area contributed by atoms with Crippen molar-refractivity contribution in [1.29, 1.82) is 0 Å². The highest BCUT2D eigenvalue weighted by molar-refractivity contribution is 6.32. The van der Waals surface area contributed by atoms with Gasteiger partial charge in [0.2, 0.25) is 0 Å². The predicted molar refractivity (Wildman–Crippen MR) is 76.9 cm³/mol. The molecule has 1 fully saturated rings. The summed E-state index contributed by atoms with van der Waals surface area (Å²) in [5.41, 5.74) is 0.771. The summed E-state index contributed by atoms with van der Waals surface area (Å²) in [7, 11) is 1.82. The van der Waals surface area contributed by atoms with Crippen LogP contribution in [0.4, 0.5) is 11.5 Å². The van der Waals surface area contributed by atoms with E-state index in [4.69, 9.17) is 11.6 Å². The third kappa shape index (κ3) is 3.46. The van der Waals surface area contributed by atoms with Crippen molar-refractivity contribution in [3.8, 4) is 0 Å². The number of piperazine rings is 1. The number of anilines is 2. The molecule has 0 unspecified atom stereocenters. The van der Waals surface area contributed by atoms with Crippen LogP contribution in [0.5, 0.6) is 0 Å². The molecular weight excluding hydrogens is 266 g/mol. The fraction of sp³-hybridized carbons (Fsp3) is 0.667. The molecule has 0 aliphatic carbocycles. The Balaban J connectivity index is 2.03. The zero-order valence-corrected chi connectivity index (χ0v) is 12.1. The lowest BCUT2D eigenvalue weighted by Gasteiger charge is -2.36. The van der Waals surface area contributed by atoms with Gasteiger partial charge < -0.3 is 15.3 Å². The lowest BCUT2D eigenvalue weighted by Crippen LogP contribution is -2.48. The summed E-state index contributed by atoms with van der Waals surface area (Å²) in [6.07, 6.45) is 1.20. The Morgan fingerprint density at radius 3 is 2.63 bits per heavy atom. The number of aromatic nitrogens is 2. The molecule has 106 valence electrons. The number of halogens is 1. The Kier molecular flexibility index (Phi) is 4.79. The largest absolute Gasteiger partial charge is 0.392 e. The Morgan fingerprint density at radius 1 is 1.37 bits per heavy atom. The minimum absolute atomic E-state index is 0.284. The van der Waals surface area contributed by atoms with E-state index in [0.29, 0.717) is 5.15 Å². The monoisotopic (exact) mass is 285 g/mol. The Hall–Kier alpha value is -1.11. The molecule has 1 aliphatic rings. The van der Waals surface area contributed by atoms with Crippen molar-refractivity contribution < 1.29 is 5.11 Å². The standard InChI is InChI=1S/C12H20ClN5O/c1-9(19)7-17-3-5-18(6-4-17)12-10(14-2)11(13)15-8-16-12/h8-9,14,19H,3-7H2,1-2H3/t9-/m0/s1. The molecule has 1 saturated heterocycles. The topological polar surface area (TPSA) is 64.5 Å². The number of rotatable bonds is 4. The quantitative estimate of drug-likeness (QED) is 0.793. The Labute approximate surface area is 118 Å². The maximum atomic E-state index is 9.40. The van der Waals surface area contributed by atoms with Crippen LogP contribution in [0.2, 0.25) is 5.15 Å². The van der Waals surface area contributed by atoms with Crippen molar-refractivity contribution in [2.24, 2.45) is 0 Å². The fourth-order valence-corrected chi connectivity index (χ4v) is 2.55. The number of nitrogens with zero attached hydrogens (tertiary/aromatic N) is 4. The van der Waals surface area contributed by atoms with Crippen molar-refractivity contribution in [3.05, 3.63) is 11.5 Å². The van der Waals surface area contributed by atoms with E-state index >= 15 is 0 Å². The van der Waals surface area contributed by atoms with Gasteiger partial charge in [0.1, 0.15) is 12.0 Å². The molecule has 19 heavy (non-hydrogen) atoms. The van der Waals surface area contributed by atoms with Crippen molar-refractivity contribution in [1.82, 2.24) is 14.9 Å². The van der Waals surface area contributed by atoms with Crippen LogP contribution in [-0.4, -0.2) is 65.8 Å². The number of aliphatic hydroxyl groups excluding tert-OH is 1. The zero-order valence-electron chi connectivity index (χ0n) is 11.3. The van der Waals surface area contributed by atoms with Crippen LogP contribution in [0.15, 0.2) is 6.33 Å². The summed E-state index contributed by atoms with van der Waals surface area (Å²) in [4.78, 5) is 12.7. The minimum atomic E-state index is -0.284. The summed E-state index contributed by atoms with van der Waals surface area (Å²) in [5, 5.41) is 12.9. The number of β-amino-alcohol motifs (C(OH)–C–C–N with tert-alkyl or cyclic N) is 1. The van der Waals surface area contributed by atoms with Crippen LogP contribution in [0.25, 0.3) is 0 Å². The molecule has 2 rings (SSSR count). The van der Waals surface area contributed by atoms with Crippen LogP contribution in [0.3, 0.4) is 0 Å². The lowest BCUT2D eigenvalue weighted by atomic mass is 10.2. The average Bonchev–Trinajstić information content (AvgIpc) is 2.38. The summed E-state index contributed by atoms with van der Waals surface area (Å²) >= 11 is 6.06. The molecule has 1 aromatic rings. The van der Waals surface area contributed by atoms with E-state index in [9.17, 15) is 5.11 Å². The normalized spacial score (nSPS) is 18.4. The highest BCUT2D eigenvalue weighted by atomic mass is 35.5. The lowest BCUT2D eigenvalue weighted by molar-refractivity contribution is 0.122. The van der Waals surface area contributed by atoms with Gasteiger partial charge in [0.05, 0.1) is 6.10 Å². The van der Waals surface area contributed by atoms with E-state index in [2.05, 4.69) is 25.1 Å². The van der Waals surface area contributed by atoms with Crippen molar-refractivity contribution >= 4 is 23.1 Å². The Morgan fingerprint density at radius 2 is 2.05 bits per heavy atom. The smallest absolute Gasteiger partial charge is 0.157 e. The fourth-order valence-electron chi connectivity index (χ4n) is 2.33. The van der Waals surface area contributed by atoms with E-state index in [1.165, 1.54) is 6.33 Å². The molecule has 7 heteroatoms. The molecular formula is C12H20ClN5O. The van der Waals surface area contributed by atoms with Crippen molar-refractivity contribution in [2.75, 3.05) is 50.0 Å². The van der Waals surface area contributed by atoms with E-state index < -0.39 is 0 Å². The van der Waals surface area contributed by atoms with Gasteiger partial charge in [0.15, 0.2) is 11.0 Å². The molecule has 2 heterocycles. The summed E-state index contributed by atoms with van der Waals surface area (Å²) in [6.45, 7) is 6.10.